The zero-order chi connectivity index (χ0) is 19.3. The summed E-state index contributed by atoms with van der Waals surface area (Å²) in [6.07, 6.45) is 1.48. The number of aliphatic carboxylic acids is 1. The average molecular weight is 383 g/mol. The molecule has 0 aliphatic carbocycles. The van der Waals surface area contributed by atoms with Gasteiger partial charge in [0.1, 0.15) is 5.56 Å². The molecule has 1 N–H and O–H groups in total. The van der Waals surface area contributed by atoms with E-state index in [0.717, 1.165) is 4.90 Å². The summed E-state index contributed by atoms with van der Waals surface area (Å²) in [7, 11) is 1.66. The van der Waals surface area contributed by atoms with E-state index in [0.29, 0.717) is 19.7 Å². The SMILES string of the molecule is CSc1ccc([N+](=O)[O-])c(C(=O)N2CCOC(CN(C)CC(=O)O)C2)c1. The number of nitro groups is 1. The van der Waals surface area contributed by atoms with Gasteiger partial charge < -0.3 is 14.7 Å². The molecule has 1 fully saturated rings. The van der Waals surface area contributed by atoms with Crippen molar-refractivity contribution in [3.63, 3.8) is 0 Å². The lowest BCUT2D eigenvalue weighted by molar-refractivity contribution is -0.385. The number of rotatable bonds is 7. The summed E-state index contributed by atoms with van der Waals surface area (Å²) in [6, 6.07) is 4.49. The Morgan fingerprint density at radius 1 is 1.50 bits per heavy atom. The number of ether oxygens (including phenoxy) is 1. The van der Waals surface area contributed by atoms with E-state index >= 15 is 0 Å². The quantitative estimate of drug-likeness (QED) is 0.424. The fourth-order valence-electron chi connectivity index (χ4n) is 2.80. The van der Waals surface area contributed by atoms with E-state index in [1.165, 1.54) is 28.8 Å². The second kappa shape index (κ2) is 8.97. The maximum Gasteiger partial charge on any atom is 0.317 e. The number of morpholine rings is 1. The predicted molar refractivity (Wildman–Crippen MR) is 95.7 cm³/mol. The number of thioether (sulfide) groups is 1. The van der Waals surface area contributed by atoms with Gasteiger partial charge in [0, 0.05) is 30.6 Å². The van der Waals surface area contributed by atoms with Crippen LogP contribution in [0.4, 0.5) is 5.69 Å². The van der Waals surface area contributed by atoms with Gasteiger partial charge >= 0.3 is 5.97 Å². The van der Waals surface area contributed by atoms with Crippen molar-refractivity contribution in [2.45, 2.75) is 11.0 Å². The summed E-state index contributed by atoms with van der Waals surface area (Å²) < 4.78 is 5.60. The molecule has 9 nitrogen and oxygen atoms in total. The summed E-state index contributed by atoms with van der Waals surface area (Å²) in [6.45, 7) is 1.10. The Balaban J connectivity index is 2.14. The van der Waals surface area contributed by atoms with E-state index in [4.69, 9.17) is 9.84 Å². The van der Waals surface area contributed by atoms with Gasteiger partial charge in [0.15, 0.2) is 0 Å². The molecule has 1 heterocycles. The second-order valence-electron chi connectivity index (χ2n) is 5.97. The van der Waals surface area contributed by atoms with Crippen LogP contribution in [0.15, 0.2) is 23.1 Å². The van der Waals surface area contributed by atoms with Crippen molar-refractivity contribution in [1.82, 2.24) is 9.80 Å². The first kappa shape index (κ1) is 20.1. The highest BCUT2D eigenvalue weighted by Crippen LogP contribution is 2.26. The predicted octanol–water partition coefficient (Wildman–Crippen LogP) is 1.17. The zero-order valence-corrected chi connectivity index (χ0v) is 15.4. The van der Waals surface area contributed by atoms with Crippen molar-refractivity contribution < 1.29 is 24.4 Å². The fourth-order valence-corrected chi connectivity index (χ4v) is 3.24. The van der Waals surface area contributed by atoms with Gasteiger partial charge in [0.05, 0.1) is 24.2 Å². The van der Waals surface area contributed by atoms with Crippen molar-refractivity contribution in [2.75, 3.05) is 46.1 Å². The van der Waals surface area contributed by atoms with Crippen molar-refractivity contribution in [3.8, 4) is 0 Å². The molecule has 1 unspecified atom stereocenters. The molecule has 10 heteroatoms. The smallest absolute Gasteiger partial charge is 0.317 e. The molecule has 1 aliphatic rings. The first-order valence-corrected chi connectivity index (χ1v) is 9.18. The Bertz CT molecular complexity index is 699. The van der Waals surface area contributed by atoms with E-state index < -0.39 is 16.8 Å². The van der Waals surface area contributed by atoms with Gasteiger partial charge in [0.25, 0.3) is 11.6 Å². The van der Waals surface area contributed by atoms with Gasteiger partial charge in [-0.2, -0.15) is 0 Å². The summed E-state index contributed by atoms with van der Waals surface area (Å²) >= 11 is 1.40. The van der Waals surface area contributed by atoms with Crippen LogP contribution in [0.3, 0.4) is 0 Å². The van der Waals surface area contributed by atoms with E-state index in [2.05, 4.69) is 0 Å². The molecule has 1 saturated heterocycles. The minimum Gasteiger partial charge on any atom is -0.480 e. The van der Waals surface area contributed by atoms with Crippen molar-refractivity contribution in [2.24, 2.45) is 0 Å². The van der Waals surface area contributed by atoms with Crippen LogP contribution >= 0.6 is 11.8 Å². The monoisotopic (exact) mass is 383 g/mol. The summed E-state index contributed by atoms with van der Waals surface area (Å²) in [5.41, 5.74) is -0.166. The van der Waals surface area contributed by atoms with Crippen LogP contribution in [0.25, 0.3) is 0 Å². The fraction of sp³-hybridized carbons (Fsp3) is 0.500. The Morgan fingerprint density at radius 3 is 2.85 bits per heavy atom. The molecular weight excluding hydrogens is 362 g/mol. The molecule has 0 radical (unpaired) electrons. The van der Waals surface area contributed by atoms with Gasteiger partial charge in [-0.05, 0) is 25.4 Å². The Hall–Kier alpha value is -2.17. The van der Waals surface area contributed by atoms with Crippen LogP contribution in [-0.4, -0.2) is 83.9 Å². The Morgan fingerprint density at radius 2 is 2.23 bits per heavy atom. The number of carboxylic acid groups (broad SMARTS) is 1. The molecule has 0 spiro atoms. The molecule has 1 aliphatic heterocycles. The first-order valence-electron chi connectivity index (χ1n) is 7.95. The van der Waals surface area contributed by atoms with Crippen molar-refractivity contribution in [1.29, 1.82) is 0 Å². The minimum absolute atomic E-state index is 0.0568. The average Bonchev–Trinajstić information content (AvgIpc) is 2.59. The summed E-state index contributed by atoms with van der Waals surface area (Å²) in [5, 5.41) is 20.1. The van der Waals surface area contributed by atoms with Crippen LogP contribution in [-0.2, 0) is 9.53 Å². The second-order valence-corrected chi connectivity index (χ2v) is 6.85. The highest BCUT2D eigenvalue weighted by atomic mass is 32.2. The maximum absolute atomic E-state index is 12.9. The summed E-state index contributed by atoms with van der Waals surface area (Å²) in [4.78, 5) is 38.2. The number of nitro benzene ring substituents is 1. The van der Waals surface area contributed by atoms with Gasteiger partial charge in [-0.15, -0.1) is 11.8 Å². The maximum atomic E-state index is 12.9. The number of hydrogen-bond donors (Lipinski definition) is 1. The normalized spacial score (nSPS) is 17.3. The van der Waals surface area contributed by atoms with Crippen LogP contribution in [0.2, 0.25) is 0 Å². The van der Waals surface area contributed by atoms with Gasteiger partial charge in [0.2, 0.25) is 0 Å². The lowest BCUT2D eigenvalue weighted by atomic mass is 10.1. The molecular formula is C16H21N3O6S. The molecule has 1 amide bonds. The van der Waals surface area contributed by atoms with Crippen molar-refractivity contribution >= 4 is 29.3 Å². The minimum atomic E-state index is -0.944. The molecule has 0 bridgehead atoms. The first-order chi connectivity index (χ1) is 12.3. The number of hydrogen-bond acceptors (Lipinski definition) is 7. The van der Waals surface area contributed by atoms with E-state index in [-0.39, 0.29) is 30.4 Å². The van der Waals surface area contributed by atoms with E-state index in [1.54, 1.807) is 18.0 Å². The van der Waals surface area contributed by atoms with Crippen molar-refractivity contribution in [3.05, 3.63) is 33.9 Å². The van der Waals surface area contributed by atoms with Gasteiger partial charge in [-0.1, -0.05) is 0 Å². The number of carbonyl (C=O) groups is 2. The molecule has 0 aromatic heterocycles. The third kappa shape index (κ3) is 5.16. The van der Waals surface area contributed by atoms with E-state index in [9.17, 15) is 19.7 Å². The third-order valence-corrected chi connectivity index (χ3v) is 4.70. The van der Waals surface area contributed by atoms with Gasteiger partial charge in [-0.3, -0.25) is 24.6 Å². The third-order valence-electron chi connectivity index (χ3n) is 3.98. The number of likely N-dealkylation sites (N-methyl/N-ethyl adjacent to an activating group) is 1. The van der Waals surface area contributed by atoms with Crippen LogP contribution in [0.1, 0.15) is 10.4 Å². The molecule has 1 aromatic rings. The van der Waals surface area contributed by atoms with Crippen LogP contribution in [0.5, 0.6) is 0 Å². The highest BCUT2D eigenvalue weighted by molar-refractivity contribution is 7.98. The molecule has 26 heavy (non-hydrogen) atoms. The number of amides is 1. The molecule has 1 aromatic carbocycles. The Kier molecular flexibility index (Phi) is 6.95. The van der Waals surface area contributed by atoms with Gasteiger partial charge in [-0.25, -0.2) is 0 Å². The number of benzene rings is 1. The topological polar surface area (TPSA) is 113 Å². The summed E-state index contributed by atoms with van der Waals surface area (Å²) in [5.74, 6) is -1.36. The lowest BCUT2D eigenvalue weighted by Gasteiger charge is -2.34. The number of carboxylic acids is 1. The highest BCUT2D eigenvalue weighted by Gasteiger charge is 2.30. The standard InChI is InChI=1S/C16H21N3O6S/c1-17(10-15(20)21)8-11-9-18(5-6-25-11)16(22)13-7-12(26-2)3-4-14(13)19(23)24/h3-4,7,11H,5-6,8-10H2,1-2H3,(H,20,21). The number of nitrogens with zero attached hydrogens (tertiary/aromatic N) is 3. The molecule has 0 saturated carbocycles. The Labute approximate surface area is 155 Å². The molecule has 142 valence electrons. The zero-order valence-electron chi connectivity index (χ0n) is 14.6. The van der Waals surface area contributed by atoms with Crippen LogP contribution < -0.4 is 0 Å². The lowest BCUT2D eigenvalue weighted by Crippen LogP contribution is -2.49. The molecule has 1 atom stereocenters. The molecule has 2 rings (SSSR count). The van der Waals surface area contributed by atoms with E-state index in [1.807, 2.05) is 6.26 Å². The largest absolute Gasteiger partial charge is 0.480 e. The van der Waals surface area contributed by atoms with Crippen LogP contribution in [0, 0.1) is 10.1 Å². The number of carbonyl (C=O) groups excluding carboxylic acids is 1.